The molecule has 1 aliphatic carbocycles. The summed E-state index contributed by atoms with van der Waals surface area (Å²) in [6, 6.07) is 5.84. The summed E-state index contributed by atoms with van der Waals surface area (Å²) in [5.41, 5.74) is -2.87. The van der Waals surface area contributed by atoms with E-state index in [4.69, 9.17) is 34.8 Å². The summed E-state index contributed by atoms with van der Waals surface area (Å²) in [6.45, 7) is -0.282. The minimum Gasteiger partial charge on any atom is -0.352 e. The molecule has 0 spiro atoms. The van der Waals surface area contributed by atoms with Crippen LogP contribution in [-0.4, -0.2) is 24.8 Å². The van der Waals surface area contributed by atoms with Gasteiger partial charge in [-0.15, -0.1) is 4.91 Å². The number of nitrogens with one attached hydrogen (secondary N) is 1. The van der Waals surface area contributed by atoms with Gasteiger partial charge in [0, 0.05) is 30.3 Å². The fraction of sp³-hybridized carbons (Fsp3) is 0.409. The molecule has 2 fully saturated rings. The zero-order valence-electron chi connectivity index (χ0n) is 17.4. The molecule has 4 rings (SSSR count). The Morgan fingerprint density at radius 3 is 2.32 bits per heavy atom. The van der Waals surface area contributed by atoms with E-state index >= 15 is 0 Å². The molecule has 5 nitrogen and oxygen atoms in total. The van der Waals surface area contributed by atoms with Crippen LogP contribution in [-0.2, 0) is 16.8 Å². The van der Waals surface area contributed by atoms with Gasteiger partial charge in [0.1, 0.15) is 11.2 Å². The number of anilines is 1. The molecule has 0 radical (unpaired) electrons. The summed E-state index contributed by atoms with van der Waals surface area (Å²) in [5.74, 6) is -0.930. The van der Waals surface area contributed by atoms with Crippen molar-refractivity contribution >= 4 is 46.4 Å². The van der Waals surface area contributed by atoms with E-state index in [1.807, 2.05) is 0 Å². The first kappa shape index (κ1) is 25.0. The molecule has 1 saturated heterocycles. The molecule has 2 aromatic carbocycles. The third-order valence-corrected chi connectivity index (χ3v) is 7.55. The fourth-order valence-electron chi connectivity index (χ4n) is 4.32. The molecule has 1 amide bonds. The first-order chi connectivity index (χ1) is 16.0. The molecule has 2 unspecified atom stereocenters. The first-order valence-electron chi connectivity index (χ1n) is 10.4. The molecule has 12 heteroatoms. The maximum atomic E-state index is 14.7. The van der Waals surface area contributed by atoms with Crippen LogP contribution in [0.4, 0.5) is 23.2 Å². The maximum Gasteiger partial charge on any atom is 0.402 e. The molecule has 2 aromatic rings. The number of nitrogens with zero attached hydrogens (tertiary/aromatic N) is 2. The van der Waals surface area contributed by atoms with E-state index in [-0.39, 0.29) is 56.8 Å². The van der Waals surface area contributed by atoms with E-state index in [2.05, 4.69) is 10.5 Å². The molecule has 1 saturated carbocycles. The van der Waals surface area contributed by atoms with Crippen molar-refractivity contribution in [3.8, 4) is 0 Å². The Morgan fingerprint density at radius 1 is 1.15 bits per heavy atom. The molecule has 2 atom stereocenters. The molecule has 0 bridgehead atoms. The van der Waals surface area contributed by atoms with E-state index in [1.165, 1.54) is 12.1 Å². The van der Waals surface area contributed by atoms with Gasteiger partial charge in [0.2, 0.25) is 5.91 Å². The average Bonchev–Trinajstić information content (AvgIpc) is 3.54. The lowest BCUT2D eigenvalue weighted by Gasteiger charge is -2.36. The summed E-state index contributed by atoms with van der Waals surface area (Å²) in [5, 5.41) is 4.95. The molecule has 182 valence electrons. The van der Waals surface area contributed by atoms with Crippen LogP contribution in [0.1, 0.15) is 30.4 Å². The van der Waals surface area contributed by atoms with E-state index < -0.39 is 30.0 Å². The number of halogens is 7. The second kappa shape index (κ2) is 9.17. The van der Waals surface area contributed by atoms with Gasteiger partial charge in [0.05, 0.1) is 15.1 Å². The van der Waals surface area contributed by atoms with Crippen molar-refractivity contribution in [2.75, 3.05) is 11.4 Å². The summed E-state index contributed by atoms with van der Waals surface area (Å²) < 4.78 is 58.3. The summed E-state index contributed by atoms with van der Waals surface area (Å²) in [4.78, 5) is 24.7. The van der Waals surface area contributed by atoms with Crippen LogP contribution in [0.25, 0.3) is 0 Å². The minimum atomic E-state index is -4.91. The van der Waals surface area contributed by atoms with E-state index in [0.717, 1.165) is 35.9 Å². The third kappa shape index (κ3) is 4.33. The van der Waals surface area contributed by atoms with Gasteiger partial charge in [-0.25, -0.2) is 4.39 Å². The van der Waals surface area contributed by atoms with Crippen LogP contribution in [0.3, 0.4) is 0 Å². The number of carbonyl (C=O) groups excluding carboxylic acids is 1. The quantitative estimate of drug-likeness (QED) is 0.256. The SMILES string of the molecule is O=NC1N(c2ccc(CNC(=O)C3CC3)c(F)c2)CCC1(c1cc(Cl)c(Cl)c(Cl)c1)C(F)(F)F. The van der Waals surface area contributed by atoms with Crippen LogP contribution < -0.4 is 10.2 Å². The van der Waals surface area contributed by atoms with Crippen molar-refractivity contribution in [1.29, 1.82) is 0 Å². The van der Waals surface area contributed by atoms with Gasteiger partial charge >= 0.3 is 6.18 Å². The molecule has 34 heavy (non-hydrogen) atoms. The monoisotopic (exact) mass is 537 g/mol. The number of carbonyl (C=O) groups is 1. The van der Waals surface area contributed by atoms with Crippen molar-refractivity contribution in [3.63, 3.8) is 0 Å². The predicted octanol–water partition coefficient (Wildman–Crippen LogP) is 6.62. The van der Waals surface area contributed by atoms with Gasteiger partial charge in [-0.1, -0.05) is 40.9 Å². The van der Waals surface area contributed by atoms with Gasteiger partial charge in [-0.05, 0) is 54.3 Å². The van der Waals surface area contributed by atoms with Crippen LogP contribution in [0.15, 0.2) is 35.5 Å². The Bertz CT molecular complexity index is 1120. The smallest absolute Gasteiger partial charge is 0.352 e. The molecule has 0 aromatic heterocycles. The lowest BCUT2D eigenvalue weighted by molar-refractivity contribution is -0.192. The number of alkyl halides is 3. The van der Waals surface area contributed by atoms with Crippen molar-refractivity contribution in [3.05, 3.63) is 67.3 Å². The van der Waals surface area contributed by atoms with Gasteiger partial charge in [0.15, 0.2) is 6.17 Å². The number of amides is 1. The molecular weight excluding hydrogens is 521 g/mol. The Labute approximate surface area is 207 Å². The molecule has 1 N–H and O–H groups in total. The first-order valence-corrected chi connectivity index (χ1v) is 11.5. The van der Waals surface area contributed by atoms with E-state index in [1.54, 1.807) is 0 Å². The second-order valence-electron chi connectivity index (χ2n) is 8.41. The van der Waals surface area contributed by atoms with Crippen LogP contribution >= 0.6 is 34.8 Å². The number of nitroso groups, excluding NO2 is 1. The predicted molar refractivity (Wildman–Crippen MR) is 122 cm³/mol. The highest BCUT2D eigenvalue weighted by Crippen LogP contribution is 2.54. The number of hydrogen-bond acceptors (Lipinski definition) is 4. The highest BCUT2D eigenvalue weighted by molar-refractivity contribution is 6.48. The maximum absolute atomic E-state index is 14.7. The van der Waals surface area contributed by atoms with Crippen molar-refractivity contribution in [2.45, 2.75) is 43.6 Å². The van der Waals surface area contributed by atoms with Crippen LogP contribution in [0, 0.1) is 16.6 Å². The van der Waals surface area contributed by atoms with Gasteiger partial charge < -0.3 is 10.2 Å². The Balaban J connectivity index is 1.67. The van der Waals surface area contributed by atoms with E-state index in [0.29, 0.717) is 0 Å². The Morgan fingerprint density at radius 2 is 1.79 bits per heavy atom. The topological polar surface area (TPSA) is 61.8 Å². The third-order valence-electron chi connectivity index (χ3n) is 6.36. The fourth-order valence-corrected chi connectivity index (χ4v) is 4.92. The lowest BCUT2D eigenvalue weighted by Crippen LogP contribution is -2.51. The van der Waals surface area contributed by atoms with Crippen molar-refractivity contribution in [2.24, 2.45) is 11.1 Å². The van der Waals surface area contributed by atoms with Gasteiger partial charge in [0.25, 0.3) is 0 Å². The van der Waals surface area contributed by atoms with Crippen molar-refractivity contribution < 1.29 is 22.4 Å². The highest BCUT2D eigenvalue weighted by atomic mass is 35.5. The lowest BCUT2D eigenvalue weighted by atomic mass is 9.76. The molecule has 1 aliphatic heterocycles. The summed E-state index contributed by atoms with van der Waals surface area (Å²) >= 11 is 17.9. The Kier molecular flexibility index (Phi) is 6.74. The largest absolute Gasteiger partial charge is 0.402 e. The Hall–Kier alpha value is -2.10. The minimum absolute atomic E-state index is 0.0447. The van der Waals surface area contributed by atoms with Crippen LogP contribution in [0.5, 0.6) is 0 Å². The zero-order chi connectivity index (χ0) is 24.8. The zero-order valence-corrected chi connectivity index (χ0v) is 19.7. The second-order valence-corrected chi connectivity index (χ2v) is 9.61. The van der Waals surface area contributed by atoms with E-state index in [9.17, 15) is 27.3 Å². The van der Waals surface area contributed by atoms with Gasteiger partial charge in [-0.2, -0.15) is 13.2 Å². The van der Waals surface area contributed by atoms with Crippen LogP contribution in [0.2, 0.25) is 15.1 Å². The van der Waals surface area contributed by atoms with Gasteiger partial charge in [-0.3, -0.25) is 4.79 Å². The normalized spacial score (nSPS) is 22.7. The standard InChI is InChI=1S/C22H18Cl3F4N3O2/c23-15-7-13(8-16(24)18(15)25)21(22(27,28)29)5-6-32(20(21)31-34)14-4-3-12(17(26)9-14)10-30-19(33)11-1-2-11/h3-4,7-9,11,20H,1-2,5-6,10H2,(H,30,33). The average molecular weight is 539 g/mol. The molecule has 1 heterocycles. The highest BCUT2D eigenvalue weighted by Gasteiger charge is 2.66. The van der Waals surface area contributed by atoms with Crippen molar-refractivity contribution in [1.82, 2.24) is 5.32 Å². The summed E-state index contributed by atoms with van der Waals surface area (Å²) in [7, 11) is 0. The number of hydrogen-bond donors (Lipinski definition) is 1. The molecule has 2 aliphatic rings. The number of rotatable bonds is 6. The number of benzene rings is 2. The molecular formula is C22H18Cl3F4N3O2. The summed E-state index contributed by atoms with van der Waals surface area (Å²) in [6.07, 6.45) is -5.80.